The number of aromatic nitrogens is 1. The van der Waals surface area contributed by atoms with Crippen LogP contribution in [-0.4, -0.2) is 23.3 Å². The highest BCUT2D eigenvalue weighted by atomic mass is 16.5. The lowest BCUT2D eigenvalue weighted by Crippen LogP contribution is -2.14. The molecule has 0 N–H and O–H groups in total. The molecule has 0 aliphatic rings. The molecule has 1 heterocycles. The third-order valence-electron chi connectivity index (χ3n) is 5.02. The van der Waals surface area contributed by atoms with Crippen molar-refractivity contribution in [1.29, 1.82) is 0 Å². The number of benzene rings is 3. The zero-order chi connectivity index (χ0) is 20.9. The minimum Gasteiger partial charge on any atom is -0.454 e. The number of hydrogen-bond donors (Lipinski definition) is 0. The van der Waals surface area contributed by atoms with E-state index < -0.39 is 5.97 Å². The van der Waals surface area contributed by atoms with Crippen molar-refractivity contribution in [3.63, 3.8) is 0 Å². The van der Waals surface area contributed by atoms with E-state index >= 15 is 0 Å². The zero-order valence-corrected chi connectivity index (χ0v) is 16.7. The number of aryl methyl sites for hydroxylation is 1. The number of esters is 1. The second kappa shape index (κ2) is 8.70. The number of para-hydroxylation sites is 1. The predicted octanol–water partition coefficient (Wildman–Crippen LogP) is 5.50. The van der Waals surface area contributed by atoms with Gasteiger partial charge in [-0.05, 0) is 24.1 Å². The van der Waals surface area contributed by atoms with Crippen LogP contribution in [0.2, 0.25) is 0 Å². The molecule has 4 rings (SSSR count). The molecule has 0 amide bonds. The van der Waals surface area contributed by atoms with E-state index in [0.717, 1.165) is 12.0 Å². The molecular formula is C26H21NO3. The number of pyridine rings is 1. The van der Waals surface area contributed by atoms with Gasteiger partial charge in [0.2, 0.25) is 0 Å². The Morgan fingerprint density at radius 2 is 1.57 bits per heavy atom. The summed E-state index contributed by atoms with van der Waals surface area (Å²) in [6, 6.07) is 26.1. The van der Waals surface area contributed by atoms with Gasteiger partial charge in [-0.2, -0.15) is 0 Å². The van der Waals surface area contributed by atoms with Crippen LogP contribution in [-0.2, 0) is 11.2 Å². The maximum Gasteiger partial charge on any atom is 0.339 e. The van der Waals surface area contributed by atoms with E-state index in [-0.39, 0.29) is 12.4 Å². The fraction of sp³-hybridized carbons (Fsp3) is 0.115. The molecule has 0 spiro atoms. The molecule has 3 aromatic carbocycles. The lowest BCUT2D eigenvalue weighted by Gasteiger charge is -2.10. The third kappa shape index (κ3) is 4.13. The van der Waals surface area contributed by atoms with Crippen LogP contribution in [0.15, 0.2) is 84.9 Å². The second-order valence-corrected chi connectivity index (χ2v) is 6.99. The maximum absolute atomic E-state index is 12.9. The van der Waals surface area contributed by atoms with Crippen molar-refractivity contribution in [3.8, 4) is 11.3 Å². The van der Waals surface area contributed by atoms with Crippen LogP contribution in [0.25, 0.3) is 22.2 Å². The molecule has 4 heteroatoms. The Morgan fingerprint density at radius 3 is 2.30 bits per heavy atom. The number of carbonyl (C=O) groups excluding carboxylic acids is 2. The number of ketones is 1. The first kappa shape index (κ1) is 19.5. The summed E-state index contributed by atoms with van der Waals surface area (Å²) in [4.78, 5) is 29.9. The van der Waals surface area contributed by atoms with Crippen LogP contribution in [0, 0.1) is 0 Å². The molecule has 4 aromatic rings. The summed E-state index contributed by atoms with van der Waals surface area (Å²) in [7, 11) is 0. The van der Waals surface area contributed by atoms with Crippen LogP contribution in [0.5, 0.6) is 0 Å². The van der Waals surface area contributed by atoms with E-state index in [9.17, 15) is 9.59 Å². The van der Waals surface area contributed by atoms with Crippen LogP contribution in [0.4, 0.5) is 0 Å². The van der Waals surface area contributed by atoms with Crippen molar-refractivity contribution in [1.82, 2.24) is 4.98 Å². The summed E-state index contributed by atoms with van der Waals surface area (Å²) in [5, 5.41) is 0.698. The van der Waals surface area contributed by atoms with Crippen molar-refractivity contribution in [2.45, 2.75) is 13.3 Å². The van der Waals surface area contributed by atoms with Gasteiger partial charge in [0, 0.05) is 16.5 Å². The van der Waals surface area contributed by atoms with Crippen LogP contribution in [0.1, 0.15) is 33.2 Å². The fourth-order valence-corrected chi connectivity index (χ4v) is 3.32. The van der Waals surface area contributed by atoms with E-state index in [1.165, 1.54) is 5.56 Å². The summed E-state index contributed by atoms with van der Waals surface area (Å²) >= 11 is 0. The molecular weight excluding hydrogens is 374 g/mol. The molecule has 1 aromatic heterocycles. The number of carbonyl (C=O) groups is 2. The average Bonchev–Trinajstić information content (AvgIpc) is 2.82. The van der Waals surface area contributed by atoms with E-state index in [2.05, 4.69) is 19.1 Å². The highest BCUT2D eigenvalue weighted by molar-refractivity contribution is 6.06. The van der Waals surface area contributed by atoms with Gasteiger partial charge in [0.1, 0.15) is 0 Å². The first-order chi connectivity index (χ1) is 14.7. The van der Waals surface area contributed by atoms with Gasteiger partial charge in [0.25, 0.3) is 0 Å². The van der Waals surface area contributed by atoms with Gasteiger partial charge < -0.3 is 4.74 Å². The molecule has 0 bridgehead atoms. The Labute approximate surface area is 175 Å². The smallest absolute Gasteiger partial charge is 0.339 e. The lowest BCUT2D eigenvalue weighted by molar-refractivity contribution is 0.0476. The maximum atomic E-state index is 12.9. The third-order valence-corrected chi connectivity index (χ3v) is 5.02. The van der Waals surface area contributed by atoms with Crippen molar-refractivity contribution in [3.05, 3.63) is 102 Å². The Hall–Kier alpha value is -3.79. The Bertz CT molecular complexity index is 1200. The van der Waals surface area contributed by atoms with Crippen molar-refractivity contribution >= 4 is 22.7 Å². The van der Waals surface area contributed by atoms with Crippen molar-refractivity contribution in [2.75, 3.05) is 6.61 Å². The number of Topliss-reactive ketones (excluding diaryl/α,β-unsaturated/α-hetero) is 1. The van der Waals surface area contributed by atoms with Gasteiger partial charge in [-0.3, -0.25) is 4.79 Å². The van der Waals surface area contributed by atoms with Crippen molar-refractivity contribution < 1.29 is 14.3 Å². The Balaban J connectivity index is 1.64. The van der Waals surface area contributed by atoms with Gasteiger partial charge in [-0.1, -0.05) is 79.7 Å². The number of ether oxygens (including phenoxy) is 1. The van der Waals surface area contributed by atoms with E-state index in [1.54, 1.807) is 30.3 Å². The van der Waals surface area contributed by atoms with E-state index in [4.69, 9.17) is 9.72 Å². The molecule has 0 unspecified atom stereocenters. The summed E-state index contributed by atoms with van der Waals surface area (Å²) in [5.41, 5.74) is 4.47. The minimum absolute atomic E-state index is 0.238. The minimum atomic E-state index is -0.538. The SMILES string of the molecule is CCc1ccc(-c2cc(C(=O)OCC(=O)c3ccccc3)c3ccccc3n2)cc1. The van der Waals surface area contributed by atoms with Crippen LogP contribution in [0.3, 0.4) is 0 Å². The Morgan fingerprint density at radius 1 is 0.867 bits per heavy atom. The Kier molecular flexibility index (Phi) is 5.66. The van der Waals surface area contributed by atoms with Crippen molar-refractivity contribution in [2.24, 2.45) is 0 Å². The summed E-state index contributed by atoms with van der Waals surface area (Å²) in [6.45, 7) is 1.80. The largest absolute Gasteiger partial charge is 0.454 e. The van der Waals surface area contributed by atoms with Crippen LogP contribution >= 0.6 is 0 Å². The topological polar surface area (TPSA) is 56.3 Å². The normalized spacial score (nSPS) is 10.7. The molecule has 4 nitrogen and oxygen atoms in total. The number of rotatable bonds is 6. The molecule has 0 fully saturated rings. The van der Waals surface area contributed by atoms with Gasteiger partial charge in [0.15, 0.2) is 12.4 Å². The molecule has 0 saturated heterocycles. The first-order valence-electron chi connectivity index (χ1n) is 9.90. The molecule has 0 radical (unpaired) electrons. The van der Waals surface area contributed by atoms with Gasteiger partial charge >= 0.3 is 5.97 Å². The highest BCUT2D eigenvalue weighted by Gasteiger charge is 2.17. The fourth-order valence-electron chi connectivity index (χ4n) is 3.32. The number of fused-ring (bicyclic) bond motifs is 1. The van der Waals surface area contributed by atoms with E-state index in [0.29, 0.717) is 27.7 Å². The quantitative estimate of drug-likeness (QED) is 0.319. The summed E-state index contributed by atoms with van der Waals surface area (Å²) in [6.07, 6.45) is 0.957. The number of nitrogens with zero attached hydrogens (tertiary/aromatic N) is 1. The van der Waals surface area contributed by atoms with E-state index in [1.807, 2.05) is 42.5 Å². The molecule has 0 aliphatic heterocycles. The molecule has 0 saturated carbocycles. The highest BCUT2D eigenvalue weighted by Crippen LogP contribution is 2.26. The van der Waals surface area contributed by atoms with Gasteiger partial charge in [0.05, 0.1) is 16.8 Å². The predicted molar refractivity (Wildman–Crippen MR) is 118 cm³/mol. The monoisotopic (exact) mass is 395 g/mol. The first-order valence-corrected chi connectivity index (χ1v) is 9.90. The number of hydrogen-bond acceptors (Lipinski definition) is 4. The van der Waals surface area contributed by atoms with Crippen LogP contribution < -0.4 is 0 Å². The summed E-state index contributed by atoms with van der Waals surface area (Å²) in [5.74, 6) is -0.776. The lowest BCUT2D eigenvalue weighted by atomic mass is 10.0. The summed E-state index contributed by atoms with van der Waals surface area (Å²) < 4.78 is 5.36. The average molecular weight is 395 g/mol. The van der Waals surface area contributed by atoms with Gasteiger partial charge in [-0.15, -0.1) is 0 Å². The van der Waals surface area contributed by atoms with Gasteiger partial charge in [-0.25, -0.2) is 9.78 Å². The zero-order valence-electron chi connectivity index (χ0n) is 16.7. The second-order valence-electron chi connectivity index (χ2n) is 6.99. The molecule has 30 heavy (non-hydrogen) atoms. The molecule has 0 aliphatic carbocycles. The molecule has 148 valence electrons. The standard InChI is InChI=1S/C26H21NO3/c1-2-18-12-14-19(15-13-18)24-16-22(21-10-6-7-11-23(21)27-24)26(29)30-17-25(28)20-8-4-3-5-9-20/h3-16H,2,17H2,1H3. The molecule has 0 atom stereocenters.